The molecule has 0 unspecified atom stereocenters. The molecule has 0 spiro atoms. The highest BCUT2D eigenvalue weighted by Gasteiger charge is 2.07. The van der Waals surface area contributed by atoms with Gasteiger partial charge < -0.3 is 9.30 Å². The zero-order valence-corrected chi connectivity index (χ0v) is 14.3. The number of ether oxygens (including phenoxy) is 1. The lowest BCUT2D eigenvalue weighted by atomic mass is 10.1. The van der Waals surface area contributed by atoms with Gasteiger partial charge in [-0.15, -0.1) is 0 Å². The maximum absolute atomic E-state index is 11.9. The second-order valence-electron chi connectivity index (χ2n) is 5.73. The molecule has 7 heteroatoms. The van der Waals surface area contributed by atoms with Gasteiger partial charge in [0.1, 0.15) is 5.75 Å². The Bertz CT molecular complexity index is 835. The van der Waals surface area contributed by atoms with Crippen LogP contribution in [0.1, 0.15) is 12.8 Å². The van der Waals surface area contributed by atoms with E-state index >= 15 is 0 Å². The fourth-order valence-corrected chi connectivity index (χ4v) is 2.49. The largest absolute Gasteiger partial charge is 0.497 e. The summed E-state index contributed by atoms with van der Waals surface area (Å²) in [6.07, 6.45) is 8.39. The molecule has 3 rings (SSSR count). The van der Waals surface area contributed by atoms with E-state index in [2.05, 4.69) is 15.4 Å². The van der Waals surface area contributed by atoms with Crippen molar-refractivity contribution in [2.45, 2.75) is 19.4 Å². The molecule has 2 aromatic heterocycles. The van der Waals surface area contributed by atoms with E-state index in [9.17, 15) is 4.79 Å². The van der Waals surface area contributed by atoms with Crippen LogP contribution in [-0.2, 0) is 18.4 Å². The molecule has 1 amide bonds. The summed E-state index contributed by atoms with van der Waals surface area (Å²) in [5, 5.41) is 7.15. The number of amides is 1. The maximum atomic E-state index is 11.9. The molecule has 130 valence electrons. The smallest absolute Gasteiger partial charge is 0.226 e. The molecule has 0 bridgehead atoms. The predicted octanol–water partition coefficient (Wildman–Crippen LogP) is 2.71. The van der Waals surface area contributed by atoms with Crippen molar-refractivity contribution in [1.29, 1.82) is 0 Å². The van der Waals surface area contributed by atoms with Crippen LogP contribution in [0.25, 0.3) is 11.1 Å². The van der Waals surface area contributed by atoms with Crippen LogP contribution in [0.3, 0.4) is 0 Å². The molecule has 2 heterocycles. The molecule has 1 N–H and O–H groups in total. The van der Waals surface area contributed by atoms with Gasteiger partial charge in [-0.3, -0.25) is 14.8 Å². The van der Waals surface area contributed by atoms with Gasteiger partial charge in [0.25, 0.3) is 0 Å². The van der Waals surface area contributed by atoms with E-state index < -0.39 is 0 Å². The first-order valence-corrected chi connectivity index (χ1v) is 8.10. The SMILES string of the molecule is COc1ccc(-c2cnn(CCCC(=O)Nc3nccn3C)c2)cc1. The Kier molecular flexibility index (Phi) is 5.13. The van der Waals surface area contributed by atoms with Crippen LogP contribution in [0.5, 0.6) is 5.75 Å². The lowest BCUT2D eigenvalue weighted by Gasteiger charge is -2.05. The van der Waals surface area contributed by atoms with Crippen molar-refractivity contribution in [3.63, 3.8) is 0 Å². The summed E-state index contributed by atoms with van der Waals surface area (Å²) in [7, 11) is 3.49. The zero-order valence-electron chi connectivity index (χ0n) is 14.3. The third-order valence-electron chi connectivity index (χ3n) is 3.92. The number of methoxy groups -OCH3 is 1. The first-order chi connectivity index (χ1) is 12.2. The average Bonchev–Trinajstić information content (AvgIpc) is 3.25. The number of aryl methyl sites for hydroxylation is 2. The summed E-state index contributed by atoms with van der Waals surface area (Å²) in [6, 6.07) is 7.85. The Morgan fingerprint density at radius 3 is 2.72 bits per heavy atom. The molecule has 0 aliphatic rings. The van der Waals surface area contributed by atoms with E-state index in [4.69, 9.17) is 4.74 Å². The molecule has 0 atom stereocenters. The summed E-state index contributed by atoms with van der Waals surface area (Å²) in [4.78, 5) is 16.0. The van der Waals surface area contributed by atoms with Crippen LogP contribution < -0.4 is 10.1 Å². The highest BCUT2D eigenvalue weighted by Crippen LogP contribution is 2.21. The third-order valence-corrected chi connectivity index (χ3v) is 3.92. The van der Waals surface area contributed by atoms with Crippen molar-refractivity contribution in [3.8, 4) is 16.9 Å². The zero-order chi connectivity index (χ0) is 17.6. The van der Waals surface area contributed by atoms with E-state index in [1.54, 1.807) is 24.1 Å². The van der Waals surface area contributed by atoms with E-state index in [-0.39, 0.29) is 5.91 Å². The molecular weight excluding hydrogens is 318 g/mol. The van der Waals surface area contributed by atoms with Crippen LogP contribution in [0.4, 0.5) is 5.95 Å². The van der Waals surface area contributed by atoms with Gasteiger partial charge in [0.05, 0.1) is 13.3 Å². The highest BCUT2D eigenvalue weighted by atomic mass is 16.5. The Morgan fingerprint density at radius 1 is 1.24 bits per heavy atom. The fourth-order valence-electron chi connectivity index (χ4n) is 2.49. The van der Waals surface area contributed by atoms with Gasteiger partial charge in [0.2, 0.25) is 11.9 Å². The van der Waals surface area contributed by atoms with E-state index in [1.807, 2.05) is 48.4 Å². The number of benzene rings is 1. The number of carbonyl (C=O) groups excluding carboxylic acids is 1. The molecule has 1 aromatic carbocycles. The van der Waals surface area contributed by atoms with Gasteiger partial charge in [-0.2, -0.15) is 5.10 Å². The molecule has 7 nitrogen and oxygen atoms in total. The molecule has 0 radical (unpaired) electrons. The molecule has 0 aliphatic heterocycles. The Morgan fingerprint density at radius 2 is 2.04 bits per heavy atom. The lowest BCUT2D eigenvalue weighted by Crippen LogP contribution is -2.15. The normalized spacial score (nSPS) is 10.6. The highest BCUT2D eigenvalue weighted by molar-refractivity contribution is 5.88. The maximum Gasteiger partial charge on any atom is 0.226 e. The molecule has 3 aromatic rings. The summed E-state index contributed by atoms with van der Waals surface area (Å²) in [6.45, 7) is 0.685. The Labute approximate surface area is 146 Å². The van der Waals surface area contributed by atoms with Gasteiger partial charge >= 0.3 is 0 Å². The van der Waals surface area contributed by atoms with Gasteiger partial charge in [-0.1, -0.05) is 12.1 Å². The molecule has 0 saturated heterocycles. The number of aromatic nitrogens is 4. The molecule has 0 aliphatic carbocycles. The van der Waals surface area contributed by atoms with Gasteiger partial charge in [-0.25, -0.2) is 4.98 Å². The quantitative estimate of drug-likeness (QED) is 0.718. The first-order valence-electron chi connectivity index (χ1n) is 8.10. The number of nitrogens with one attached hydrogen (secondary N) is 1. The number of carbonyl (C=O) groups is 1. The van der Waals surface area contributed by atoms with Gasteiger partial charge in [0.15, 0.2) is 0 Å². The Balaban J connectivity index is 1.50. The van der Waals surface area contributed by atoms with E-state index in [0.717, 1.165) is 16.9 Å². The minimum absolute atomic E-state index is 0.0446. The lowest BCUT2D eigenvalue weighted by molar-refractivity contribution is -0.116. The summed E-state index contributed by atoms with van der Waals surface area (Å²) in [5.74, 6) is 1.34. The Hall–Kier alpha value is -3.09. The van der Waals surface area contributed by atoms with Crippen molar-refractivity contribution in [1.82, 2.24) is 19.3 Å². The number of anilines is 1. The van der Waals surface area contributed by atoms with Crippen molar-refractivity contribution in [2.75, 3.05) is 12.4 Å². The van der Waals surface area contributed by atoms with Crippen LogP contribution in [0, 0.1) is 0 Å². The standard InChI is InChI=1S/C18H21N5O2/c1-22-11-9-19-18(22)21-17(24)4-3-10-23-13-15(12-20-23)14-5-7-16(25-2)8-6-14/h5-9,11-13H,3-4,10H2,1-2H3,(H,19,21,24). The predicted molar refractivity (Wildman–Crippen MR) is 95.3 cm³/mol. The van der Waals surface area contributed by atoms with Gasteiger partial charge in [0, 0.05) is 44.2 Å². The molecular formula is C18H21N5O2. The van der Waals surface area contributed by atoms with Crippen LogP contribution in [0.2, 0.25) is 0 Å². The summed E-state index contributed by atoms with van der Waals surface area (Å²) in [5.41, 5.74) is 2.12. The minimum atomic E-state index is -0.0446. The summed E-state index contributed by atoms with van der Waals surface area (Å²) < 4.78 is 8.79. The van der Waals surface area contributed by atoms with Crippen LogP contribution in [0.15, 0.2) is 49.1 Å². The van der Waals surface area contributed by atoms with Crippen LogP contribution >= 0.6 is 0 Å². The van der Waals surface area contributed by atoms with Crippen molar-refractivity contribution >= 4 is 11.9 Å². The van der Waals surface area contributed by atoms with Gasteiger partial charge in [-0.05, 0) is 24.1 Å². The second-order valence-corrected chi connectivity index (χ2v) is 5.73. The third kappa shape index (κ3) is 4.26. The average molecular weight is 339 g/mol. The second kappa shape index (κ2) is 7.65. The molecule has 0 saturated carbocycles. The van der Waals surface area contributed by atoms with Crippen LogP contribution in [-0.4, -0.2) is 32.3 Å². The molecule has 25 heavy (non-hydrogen) atoms. The number of hydrogen-bond acceptors (Lipinski definition) is 4. The summed E-state index contributed by atoms with van der Waals surface area (Å²) >= 11 is 0. The number of imidazole rings is 1. The van der Waals surface area contributed by atoms with Crippen molar-refractivity contribution in [3.05, 3.63) is 49.1 Å². The monoisotopic (exact) mass is 339 g/mol. The number of rotatable bonds is 7. The number of hydrogen-bond donors (Lipinski definition) is 1. The number of nitrogens with zero attached hydrogens (tertiary/aromatic N) is 4. The van der Waals surface area contributed by atoms with Crippen molar-refractivity contribution in [2.24, 2.45) is 7.05 Å². The van der Waals surface area contributed by atoms with E-state index in [1.165, 1.54) is 0 Å². The fraction of sp³-hybridized carbons (Fsp3) is 0.278. The first kappa shape index (κ1) is 16.8. The van der Waals surface area contributed by atoms with E-state index in [0.29, 0.717) is 25.3 Å². The topological polar surface area (TPSA) is 74.0 Å². The molecule has 0 fully saturated rings. The van der Waals surface area contributed by atoms with Crippen molar-refractivity contribution < 1.29 is 9.53 Å². The minimum Gasteiger partial charge on any atom is -0.497 e.